The van der Waals surface area contributed by atoms with E-state index in [1.807, 2.05) is 0 Å². The summed E-state index contributed by atoms with van der Waals surface area (Å²) in [5.41, 5.74) is 1.15. The molecule has 1 aromatic heterocycles. The fourth-order valence-electron chi connectivity index (χ4n) is 1.40. The summed E-state index contributed by atoms with van der Waals surface area (Å²) in [4.78, 5) is 9.98. The molecule has 0 aliphatic rings. The molecule has 18 heavy (non-hydrogen) atoms. The fourth-order valence-corrected chi connectivity index (χ4v) is 2.33. The van der Waals surface area contributed by atoms with E-state index in [0.29, 0.717) is 0 Å². The Morgan fingerprint density at radius 2 is 1.94 bits per heavy atom. The predicted molar refractivity (Wildman–Crippen MR) is 90.4 cm³/mol. The Morgan fingerprint density at radius 3 is 2.44 bits per heavy atom. The maximum absolute atomic E-state index is 4.51. The third-order valence-corrected chi connectivity index (χ3v) is 3.60. The van der Waals surface area contributed by atoms with E-state index >= 15 is 0 Å². The molecule has 0 bridgehead atoms. The normalized spacial score (nSPS) is 11.0. The molecule has 0 aliphatic heterocycles. The van der Waals surface area contributed by atoms with Gasteiger partial charge in [0, 0.05) is 31.4 Å². The van der Waals surface area contributed by atoms with Crippen molar-refractivity contribution < 1.29 is 0 Å². The number of hydrogen-bond acceptors (Lipinski definition) is 3. The molecule has 4 nitrogen and oxygen atoms in total. The fraction of sp³-hybridized carbons (Fsp3) is 0.667. The molecule has 1 heterocycles. The highest BCUT2D eigenvalue weighted by Crippen LogP contribution is 2.16. The van der Waals surface area contributed by atoms with E-state index in [1.165, 1.54) is 9.88 Å². The van der Waals surface area contributed by atoms with Crippen LogP contribution in [0.1, 0.15) is 28.9 Å². The van der Waals surface area contributed by atoms with Crippen molar-refractivity contribution in [3.05, 3.63) is 15.6 Å². The minimum Gasteiger partial charge on any atom is -0.356 e. The third kappa shape index (κ3) is 5.99. The number of hydrogen-bond donors (Lipinski definition) is 2. The van der Waals surface area contributed by atoms with Crippen LogP contribution in [-0.2, 0) is 6.42 Å². The van der Waals surface area contributed by atoms with Gasteiger partial charge < -0.3 is 10.6 Å². The minimum absolute atomic E-state index is 0. The molecule has 6 heteroatoms. The Hall–Kier alpha value is -0.370. The van der Waals surface area contributed by atoms with Crippen LogP contribution in [0, 0.1) is 13.8 Å². The van der Waals surface area contributed by atoms with Gasteiger partial charge in [0.05, 0.1) is 10.7 Å². The lowest BCUT2D eigenvalue weighted by molar-refractivity contribution is 0.771. The summed E-state index contributed by atoms with van der Waals surface area (Å²) in [6.45, 7) is 8.14. The first-order valence-electron chi connectivity index (χ1n) is 6.04. The van der Waals surface area contributed by atoms with Crippen molar-refractivity contribution in [3.8, 4) is 0 Å². The van der Waals surface area contributed by atoms with Crippen molar-refractivity contribution >= 4 is 41.3 Å². The lowest BCUT2D eigenvalue weighted by Crippen LogP contribution is -2.38. The van der Waals surface area contributed by atoms with Crippen molar-refractivity contribution in [3.63, 3.8) is 0 Å². The lowest BCUT2D eigenvalue weighted by Gasteiger charge is -2.09. The molecule has 2 N–H and O–H groups in total. The molecular formula is C12H23IN4S. The molecule has 0 atom stereocenters. The number of nitrogens with one attached hydrogen (secondary N) is 2. The van der Waals surface area contributed by atoms with Crippen LogP contribution in [0.15, 0.2) is 4.99 Å². The average Bonchev–Trinajstić information content (AvgIpc) is 2.63. The van der Waals surface area contributed by atoms with Gasteiger partial charge in [0.15, 0.2) is 5.96 Å². The Morgan fingerprint density at radius 1 is 1.28 bits per heavy atom. The largest absolute Gasteiger partial charge is 0.356 e. The SMILES string of the molecule is CCCNC(=NC)NCCc1nc(C)c(C)s1.I. The van der Waals surface area contributed by atoms with Crippen LogP contribution in [0.25, 0.3) is 0 Å². The summed E-state index contributed by atoms with van der Waals surface area (Å²) in [7, 11) is 1.79. The Labute approximate surface area is 131 Å². The number of nitrogens with zero attached hydrogens (tertiary/aromatic N) is 2. The second-order valence-corrected chi connectivity index (χ2v) is 5.21. The van der Waals surface area contributed by atoms with E-state index in [1.54, 1.807) is 18.4 Å². The van der Waals surface area contributed by atoms with E-state index in [9.17, 15) is 0 Å². The van der Waals surface area contributed by atoms with E-state index in [4.69, 9.17) is 0 Å². The summed E-state index contributed by atoms with van der Waals surface area (Å²) in [5, 5.41) is 7.72. The first-order valence-corrected chi connectivity index (χ1v) is 6.86. The molecule has 0 aliphatic carbocycles. The van der Waals surface area contributed by atoms with Gasteiger partial charge in [-0.25, -0.2) is 4.98 Å². The van der Waals surface area contributed by atoms with Gasteiger partial charge in [-0.2, -0.15) is 0 Å². The Kier molecular flexibility index (Phi) is 9.35. The first kappa shape index (κ1) is 17.6. The molecule has 0 saturated carbocycles. The molecule has 0 saturated heterocycles. The molecule has 0 aromatic carbocycles. The average molecular weight is 382 g/mol. The molecule has 0 amide bonds. The number of aryl methyl sites for hydroxylation is 2. The molecular weight excluding hydrogens is 359 g/mol. The number of thiazole rings is 1. The van der Waals surface area contributed by atoms with E-state index in [-0.39, 0.29) is 24.0 Å². The van der Waals surface area contributed by atoms with Crippen LogP contribution in [0.3, 0.4) is 0 Å². The zero-order chi connectivity index (χ0) is 12.7. The second-order valence-electron chi connectivity index (χ2n) is 3.92. The maximum Gasteiger partial charge on any atom is 0.190 e. The quantitative estimate of drug-likeness (QED) is 0.468. The summed E-state index contributed by atoms with van der Waals surface area (Å²) in [6, 6.07) is 0. The number of halogens is 1. The van der Waals surface area contributed by atoms with Crippen LogP contribution in [0.5, 0.6) is 0 Å². The van der Waals surface area contributed by atoms with E-state index < -0.39 is 0 Å². The highest BCUT2D eigenvalue weighted by Gasteiger charge is 2.03. The van der Waals surface area contributed by atoms with Crippen molar-refractivity contribution in [2.45, 2.75) is 33.6 Å². The van der Waals surface area contributed by atoms with Crippen LogP contribution in [-0.4, -0.2) is 31.1 Å². The zero-order valence-electron chi connectivity index (χ0n) is 11.5. The van der Waals surface area contributed by atoms with Gasteiger partial charge in [-0.05, 0) is 20.3 Å². The van der Waals surface area contributed by atoms with Gasteiger partial charge >= 0.3 is 0 Å². The molecule has 1 aromatic rings. The smallest absolute Gasteiger partial charge is 0.190 e. The van der Waals surface area contributed by atoms with Gasteiger partial charge in [0.1, 0.15) is 0 Å². The van der Waals surface area contributed by atoms with Crippen molar-refractivity contribution in [2.75, 3.05) is 20.1 Å². The van der Waals surface area contributed by atoms with Gasteiger partial charge in [0.25, 0.3) is 0 Å². The molecule has 1 rings (SSSR count). The third-order valence-electron chi connectivity index (χ3n) is 2.47. The van der Waals surface area contributed by atoms with E-state index in [0.717, 1.165) is 37.6 Å². The summed E-state index contributed by atoms with van der Waals surface area (Å²) in [6.07, 6.45) is 2.05. The van der Waals surface area contributed by atoms with Crippen molar-refractivity contribution in [1.29, 1.82) is 0 Å². The van der Waals surface area contributed by atoms with Crippen LogP contribution in [0.2, 0.25) is 0 Å². The minimum atomic E-state index is 0. The second kappa shape index (κ2) is 9.55. The standard InChI is InChI=1S/C12H22N4S.HI/c1-5-7-14-12(13-4)15-8-6-11-16-9(2)10(3)17-11;/h5-8H2,1-4H3,(H2,13,14,15);1H. The maximum atomic E-state index is 4.51. The lowest BCUT2D eigenvalue weighted by atomic mass is 10.4. The highest BCUT2D eigenvalue weighted by molar-refractivity contribution is 14.0. The monoisotopic (exact) mass is 382 g/mol. The van der Waals surface area contributed by atoms with Gasteiger partial charge in [-0.1, -0.05) is 6.92 Å². The Bertz CT molecular complexity index is 357. The number of aliphatic imine (C=N–C) groups is 1. The zero-order valence-corrected chi connectivity index (χ0v) is 14.7. The van der Waals surface area contributed by atoms with Crippen molar-refractivity contribution in [1.82, 2.24) is 15.6 Å². The number of rotatable bonds is 5. The van der Waals surface area contributed by atoms with E-state index in [2.05, 4.69) is 41.4 Å². The first-order chi connectivity index (χ1) is 8.17. The van der Waals surface area contributed by atoms with Crippen molar-refractivity contribution in [2.24, 2.45) is 4.99 Å². The summed E-state index contributed by atoms with van der Waals surface area (Å²) >= 11 is 1.78. The predicted octanol–water partition coefficient (Wildman–Crippen LogP) is 2.50. The molecule has 104 valence electrons. The van der Waals surface area contributed by atoms with Crippen LogP contribution in [0.4, 0.5) is 0 Å². The summed E-state index contributed by atoms with van der Waals surface area (Å²) < 4.78 is 0. The molecule has 0 fully saturated rings. The van der Waals surface area contributed by atoms with Crippen LogP contribution < -0.4 is 10.6 Å². The van der Waals surface area contributed by atoms with Gasteiger partial charge in [0.2, 0.25) is 0 Å². The van der Waals surface area contributed by atoms with Gasteiger partial charge in [-0.15, -0.1) is 35.3 Å². The summed E-state index contributed by atoms with van der Waals surface area (Å²) in [5.74, 6) is 0.872. The molecule has 0 spiro atoms. The van der Waals surface area contributed by atoms with Crippen LogP contribution >= 0.6 is 35.3 Å². The molecule has 0 unspecified atom stereocenters. The molecule has 0 radical (unpaired) electrons. The van der Waals surface area contributed by atoms with Gasteiger partial charge in [-0.3, -0.25) is 4.99 Å². The topological polar surface area (TPSA) is 49.3 Å². The Balaban J connectivity index is 0.00000289. The highest BCUT2D eigenvalue weighted by atomic mass is 127. The number of guanidine groups is 1. The number of aromatic nitrogens is 1.